The Labute approximate surface area is 148 Å². The highest BCUT2D eigenvalue weighted by atomic mass is 19.3. The summed E-state index contributed by atoms with van der Waals surface area (Å²) in [5.74, 6) is -0.413. The van der Waals surface area contributed by atoms with Crippen molar-refractivity contribution in [2.45, 2.75) is 38.3 Å². The van der Waals surface area contributed by atoms with Crippen LogP contribution < -0.4 is 9.47 Å². The smallest absolute Gasteiger partial charge is 0.280 e. The van der Waals surface area contributed by atoms with Crippen LogP contribution in [-0.2, 0) is 0 Å². The number of benzene rings is 1. The molecule has 1 aliphatic heterocycles. The molecule has 136 valence electrons. The zero-order chi connectivity index (χ0) is 18.5. The van der Waals surface area contributed by atoms with Gasteiger partial charge in [-0.3, -0.25) is 4.98 Å². The first-order chi connectivity index (χ1) is 12.4. The predicted octanol–water partition coefficient (Wildman–Crippen LogP) is 4.59. The topological polar surface area (TPSA) is 43.7 Å². The maximum absolute atomic E-state index is 14.8. The number of aliphatic imine (C=N–C) groups is 1. The van der Waals surface area contributed by atoms with Crippen molar-refractivity contribution in [2.75, 3.05) is 7.11 Å². The van der Waals surface area contributed by atoms with Crippen molar-refractivity contribution in [2.24, 2.45) is 4.99 Å². The molecule has 1 spiro atoms. The monoisotopic (exact) mass is 362 g/mol. The lowest BCUT2D eigenvalue weighted by Gasteiger charge is -2.42. The van der Waals surface area contributed by atoms with Gasteiger partial charge in [-0.05, 0) is 37.1 Å². The summed E-state index contributed by atoms with van der Waals surface area (Å²) in [5, 5.41) is 0. The summed E-state index contributed by atoms with van der Waals surface area (Å²) < 4.78 is 51.7. The van der Waals surface area contributed by atoms with E-state index < -0.39 is 18.0 Å². The summed E-state index contributed by atoms with van der Waals surface area (Å²) in [5.41, 5.74) is 0.832. The van der Waals surface area contributed by atoms with Crippen LogP contribution in [0.15, 0.2) is 29.4 Å². The number of nitrogens with zero attached hydrogens (tertiary/aromatic N) is 2. The Hall–Kier alpha value is -2.57. The maximum Gasteiger partial charge on any atom is 0.280 e. The van der Waals surface area contributed by atoms with Crippen LogP contribution >= 0.6 is 0 Å². The Morgan fingerprint density at radius 1 is 1.27 bits per heavy atom. The molecule has 0 unspecified atom stereocenters. The molecule has 1 saturated carbocycles. The fraction of sp³-hybridized carbons (Fsp3) is 0.368. The second-order valence-electron chi connectivity index (χ2n) is 6.55. The van der Waals surface area contributed by atoms with E-state index >= 15 is 0 Å². The van der Waals surface area contributed by atoms with E-state index in [0.29, 0.717) is 35.2 Å². The van der Waals surface area contributed by atoms with Gasteiger partial charge in [0.15, 0.2) is 11.5 Å². The van der Waals surface area contributed by atoms with E-state index in [1.165, 1.54) is 19.4 Å². The number of hydrogen-bond donors (Lipinski definition) is 0. The van der Waals surface area contributed by atoms with Crippen LogP contribution in [0.5, 0.6) is 11.5 Å². The Kier molecular flexibility index (Phi) is 3.89. The maximum atomic E-state index is 14.8. The number of hydrogen-bond acceptors (Lipinski definition) is 4. The highest BCUT2D eigenvalue weighted by molar-refractivity contribution is 6.15. The third-order valence-electron chi connectivity index (χ3n) is 4.88. The fourth-order valence-electron chi connectivity index (χ4n) is 3.32. The highest BCUT2D eigenvalue weighted by Gasteiger charge is 2.44. The molecular weight excluding hydrogens is 345 g/mol. The zero-order valence-corrected chi connectivity index (χ0v) is 14.4. The predicted molar refractivity (Wildman–Crippen MR) is 89.7 cm³/mol. The van der Waals surface area contributed by atoms with Crippen LogP contribution in [0, 0.1) is 12.7 Å². The molecule has 7 heteroatoms. The van der Waals surface area contributed by atoms with E-state index in [1.807, 2.05) is 0 Å². The molecule has 2 heterocycles. The molecule has 0 N–H and O–H groups in total. The molecule has 1 aromatic carbocycles. The Morgan fingerprint density at radius 3 is 2.62 bits per heavy atom. The highest BCUT2D eigenvalue weighted by Crippen LogP contribution is 2.46. The molecule has 26 heavy (non-hydrogen) atoms. The number of rotatable bonds is 3. The van der Waals surface area contributed by atoms with Gasteiger partial charge < -0.3 is 9.47 Å². The standard InChI is InChI=1S/C19H17F3N2O2/c1-10-8-11(9-23-15(10)18(21)22)16-12-4-5-13(25-2)14(20)17(12)26-19(24-16)6-3-7-19/h4-5,8-9,18H,3,6-7H2,1-2H3. The third kappa shape index (κ3) is 2.53. The number of alkyl halides is 2. The van der Waals surface area contributed by atoms with Crippen molar-refractivity contribution in [1.29, 1.82) is 0 Å². The lowest BCUT2D eigenvalue weighted by molar-refractivity contribution is -0.00511. The van der Waals surface area contributed by atoms with E-state index in [1.54, 1.807) is 19.1 Å². The van der Waals surface area contributed by atoms with Gasteiger partial charge in [-0.2, -0.15) is 4.39 Å². The average molecular weight is 362 g/mol. The Bertz CT molecular complexity index is 908. The molecule has 0 radical (unpaired) electrons. The minimum absolute atomic E-state index is 0.0850. The normalized spacial score (nSPS) is 17.4. The summed E-state index contributed by atoms with van der Waals surface area (Å²) in [4.78, 5) is 8.59. The van der Waals surface area contributed by atoms with E-state index in [4.69, 9.17) is 14.5 Å². The molecule has 1 fully saturated rings. The minimum Gasteiger partial charge on any atom is -0.494 e. The summed E-state index contributed by atoms with van der Waals surface area (Å²) >= 11 is 0. The van der Waals surface area contributed by atoms with Crippen LogP contribution in [-0.4, -0.2) is 23.5 Å². The second kappa shape index (κ2) is 6.00. The first-order valence-corrected chi connectivity index (χ1v) is 8.35. The molecule has 1 aromatic heterocycles. The molecule has 2 aromatic rings. The lowest BCUT2D eigenvalue weighted by Crippen LogP contribution is -2.45. The fourth-order valence-corrected chi connectivity index (χ4v) is 3.32. The van der Waals surface area contributed by atoms with E-state index in [9.17, 15) is 13.2 Å². The van der Waals surface area contributed by atoms with Gasteiger partial charge in [0.2, 0.25) is 11.5 Å². The lowest BCUT2D eigenvalue weighted by atomic mass is 9.86. The van der Waals surface area contributed by atoms with Crippen LogP contribution in [0.3, 0.4) is 0 Å². The van der Waals surface area contributed by atoms with Gasteiger partial charge in [-0.25, -0.2) is 13.8 Å². The molecule has 4 nitrogen and oxygen atoms in total. The number of halogens is 3. The zero-order valence-electron chi connectivity index (χ0n) is 14.4. The number of pyridine rings is 1. The van der Waals surface area contributed by atoms with Crippen molar-refractivity contribution in [3.8, 4) is 11.5 Å². The summed E-state index contributed by atoms with van der Waals surface area (Å²) in [6.07, 6.45) is 0.992. The number of aromatic nitrogens is 1. The summed E-state index contributed by atoms with van der Waals surface area (Å²) in [6, 6.07) is 4.77. The van der Waals surface area contributed by atoms with Gasteiger partial charge in [0, 0.05) is 30.2 Å². The molecule has 4 rings (SSSR count). The number of ether oxygens (including phenoxy) is 2. The van der Waals surface area contributed by atoms with Gasteiger partial charge in [0.25, 0.3) is 6.43 Å². The van der Waals surface area contributed by atoms with Gasteiger partial charge in [0.05, 0.1) is 12.8 Å². The van der Waals surface area contributed by atoms with Crippen LogP contribution in [0.4, 0.5) is 13.2 Å². The van der Waals surface area contributed by atoms with Crippen molar-refractivity contribution < 1.29 is 22.6 Å². The molecule has 2 aliphatic rings. The van der Waals surface area contributed by atoms with Crippen LogP contribution in [0.2, 0.25) is 0 Å². The first-order valence-electron chi connectivity index (χ1n) is 8.35. The molecule has 1 aliphatic carbocycles. The average Bonchev–Trinajstić information content (AvgIpc) is 2.59. The van der Waals surface area contributed by atoms with Crippen molar-refractivity contribution in [3.63, 3.8) is 0 Å². The van der Waals surface area contributed by atoms with Gasteiger partial charge >= 0.3 is 0 Å². The van der Waals surface area contributed by atoms with E-state index in [-0.39, 0.29) is 17.2 Å². The van der Waals surface area contributed by atoms with Crippen molar-refractivity contribution in [1.82, 2.24) is 4.98 Å². The van der Waals surface area contributed by atoms with Crippen molar-refractivity contribution >= 4 is 5.71 Å². The Morgan fingerprint density at radius 2 is 2.04 bits per heavy atom. The second-order valence-corrected chi connectivity index (χ2v) is 6.55. The summed E-state index contributed by atoms with van der Waals surface area (Å²) in [7, 11) is 1.39. The van der Waals surface area contributed by atoms with E-state index in [0.717, 1.165) is 6.42 Å². The van der Waals surface area contributed by atoms with Gasteiger partial charge in [-0.15, -0.1) is 0 Å². The molecule has 0 atom stereocenters. The number of aryl methyl sites for hydroxylation is 1. The quantitative estimate of drug-likeness (QED) is 0.802. The molecule has 0 bridgehead atoms. The molecular formula is C19H17F3N2O2. The third-order valence-corrected chi connectivity index (χ3v) is 4.88. The van der Waals surface area contributed by atoms with Crippen molar-refractivity contribution in [3.05, 3.63) is 52.6 Å². The number of fused-ring (bicyclic) bond motifs is 1. The van der Waals surface area contributed by atoms with E-state index in [2.05, 4.69) is 4.98 Å². The minimum atomic E-state index is -2.65. The van der Waals surface area contributed by atoms with Gasteiger partial charge in [0.1, 0.15) is 5.69 Å². The Balaban J connectivity index is 1.87. The largest absolute Gasteiger partial charge is 0.494 e. The molecule has 0 amide bonds. The number of methoxy groups -OCH3 is 1. The first kappa shape index (κ1) is 16.9. The SMILES string of the molecule is COc1ccc2c(c1F)OC1(CCC1)N=C2c1cnc(C(F)F)c(C)c1. The van der Waals surface area contributed by atoms with Gasteiger partial charge in [-0.1, -0.05) is 0 Å². The van der Waals surface area contributed by atoms with Crippen LogP contribution in [0.25, 0.3) is 0 Å². The van der Waals surface area contributed by atoms with Crippen LogP contribution in [0.1, 0.15) is 48.1 Å². The molecule has 0 saturated heterocycles. The summed E-state index contributed by atoms with van der Waals surface area (Å²) in [6.45, 7) is 1.58.